The average molecular weight is 309 g/mol. The van der Waals surface area contributed by atoms with Crippen LogP contribution in [0.3, 0.4) is 0 Å². The van der Waals surface area contributed by atoms with Crippen molar-refractivity contribution in [1.82, 2.24) is 5.32 Å². The topological polar surface area (TPSA) is 76.4 Å². The lowest BCUT2D eigenvalue weighted by Gasteiger charge is -2.27. The lowest BCUT2D eigenvalue weighted by atomic mass is 9.93. The van der Waals surface area contributed by atoms with Crippen LogP contribution < -0.4 is 21.1 Å². The van der Waals surface area contributed by atoms with E-state index in [1.807, 2.05) is 13.8 Å². The van der Waals surface area contributed by atoms with Gasteiger partial charge < -0.3 is 21.1 Å². The van der Waals surface area contributed by atoms with Gasteiger partial charge in [-0.15, -0.1) is 11.3 Å². The maximum absolute atomic E-state index is 12.3. The summed E-state index contributed by atoms with van der Waals surface area (Å²) in [5.74, 6) is 0.568. The number of hydrogen-bond donors (Lipinski definition) is 3. The van der Waals surface area contributed by atoms with Crippen LogP contribution in [0.5, 0.6) is 5.75 Å². The Morgan fingerprint density at radius 3 is 2.52 bits per heavy atom. The predicted octanol–water partition coefficient (Wildman–Crippen LogP) is 2.97. The van der Waals surface area contributed by atoms with E-state index in [4.69, 9.17) is 10.5 Å². The van der Waals surface area contributed by atoms with Crippen molar-refractivity contribution in [2.45, 2.75) is 64.1 Å². The second-order valence-corrected chi connectivity index (χ2v) is 7.21. The fourth-order valence-corrected chi connectivity index (χ4v) is 3.30. The van der Waals surface area contributed by atoms with Gasteiger partial charge in [-0.2, -0.15) is 0 Å². The number of thiophene rings is 1. The summed E-state index contributed by atoms with van der Waals surface area (Å²) in [6.45, 7) is 3.93. The Morgan fingerprint density at radius 1 is 1.29 bits per heavy atom. The maximum Gasteiger partial charge on any atom is 0.263 e. The van der Waals surface area contributed by atoms with Gasteiger partial charge in [-0.05, 0) is 46.0 Å². The van der Waals surface area contributed by atoms with Gasteiger partial charge in [0, 0.05) is 12.1 Å². The molecule has 1 aromatic rings. The van der Waals surface area contributed by atoms with Gasteiger partial charge in [0.05, 0.1) is 6.10 Å². The molecule has 0 aliphatic heterocycles. The molecule has 116 valence electrons. The van der Waals surface area contributed by atoms with E-state index in [1.165, 1.54) is 30.6 Å². The number of rotatable bonds is 6. The van der Waals surface area contributed by atoms with Gasteiger partial charge in [0.25, 0.3) is 5.91 Å². The Bertz CT molecular complexity index is 533. The number of anilines is 2. The molecule has 0 spiro atoms. The van der Waals surface area contributed by atoms with Crippen molar-refractivity contribution in [3.8, 4) is 5.75 Å². The first-order valence-corrected chi connectivity index (χ1v) is 8.52. The molecular weight excluding hydrogens is 286 g/mol. The molecule has 5 nitrogen and oxygen atoms in total. The van der Waals surface area contributed by atoms with Crippen molar-refractivity contribution in [2.24, 2.45) is 0 Å². The summed E-state index contributed by atoms with van der Waals surface area (Å²) in [5, 5.41) is 7.36. The summed E-state index contributed by atoms with van der Waals surface area (Å²) in [5.41, 5.74) is 6.64. The van der Waals surface area contributed by atoms with Crippen LogP contribution in [0.1, 0.15) is 55.6 Å². The Kier molecular flexibility index (Phi) is 3.97. The third-order valence-electron chi connectivity index (χ3n) is 3.81. The Balaban J connectivity index is 1.82. The zero-order chi connectivity index (χ0) is 15.0. The molecule has 2 fully saturated rings. The maximum atomic E-state index is 12.3. The third kappa shape index (κ3) is 3.26. The summed E-state index contributed by atoms with van der Waals surface area (Å²) < 4.78 is 5.84. The average Bonchev–Trinajstić information content (AvgIpc) is 3.12. The van der Waals surface area contributed by atoms with Crippen LogP contribution in [0.2, 0.25) is 0 Å². The van der Waals surface area contributed by atoms with E-state index >= 15 is 0 Å². The molecule has 0 unspecified atom stereocenters. The van der Waals surface area contributed by atoms with Crippen molar-refractivity contribution < 1.29 is 9.53 Å². The SMILES string of the molecule is CC(C)Oc1c(NC2CCC2)sc(C(=O)NC2CC2)c1N. The van der Waals surface area contributed by atoms with Gasteiger partial charge in [-0.25, -0.2) is 0 Å². The molecule has 0 atom stereocenters. The van der Waals surface area contributed by atoms with Crippen LogP contribution in [-0.4, -0.2) is 24.1 Å². The molecule has 21 heavy (non-hydrogen) atoms. The zero-order valence-corrected chi connectivity index (χ0v) is 13.4. The second kappa shape index (κ2) is 5.75. The Labute approximate surface area is 129 Å². The van der Waals surface area contributed by atoms with Gasteiger partial charge in [-0.3, -0.25) is 4.79 Å². The molecule has 1 amide bonds. The van der Waals surface area contributed by atoms with Crippen LogP contribution in [-0.2, 0) is 0 Å². The quantitative estimate of drug-likeness (QED) is 0.755. The van der Waals surface area contributed by atoms with Crippen LogP contribution >= 0.6 is 11.3 Å². The van der Waals surface area contributed by atoms with Gasteiger partial charge in [-0.1, -0.05) is 0 Å². The minimum absolute atomic E-state index is 0.0307. The molecule has 2 saturated carbocycles. The molecule has 0 bridgehead atoms. The first-order valence-electron chi connectivity index (χ1n) is 7.71. The highest BCUT2D eigenvalue weighted by Gasteiger charge is 2.29. The van der Waals surface area contributed by atoms with Gasteiger partial charge >= 0.3 is 0 Å². The third-order valence-corrected chi connectivity index (χ3v) is 4.93. The first kappa shape index (κ1) is 14.5. The summed E-state index contributed by atoms with van der Waals surface area (Å²) in [7, 11) is 0. The van der Waals surface area contributed by atoms with Crippen molar-refractivity contribution in [3.63, 3.8) is 0 Å². The molecule has 0 saturated heterocycles. The predicted molar refractivity (Wildman–Crippen MR) is 86.2 cm³/mol. The minimum atomic E-state index is -0.0738. The zero-order valence-electron chi connectivity index (χ0n) is 12.6. The Morgan fingerprint density at radius 2 is 2.00 bits per heavy atom. The van der Waals surface area contributed by atoms with Gasteiger partial charge in [0.1, 0.15) is 15.6 Å². The molecular formula is C15H23N3O2S. The molecule has 1 aromatic heterocycles. The second-order valence-electron chi connectivity index (χ2n) is 6.19. The number of carbonyl (C=O) groups excluding carboxylic acids is 1. The minimum Gasteiger partial charge on any atom is -0.486 e. The Hall–Kier alpha value is -1.43. The number of ether oxygens (including phenoxy) is 1. The van der Waals surface area contributed by atoms with Crippen LogP contribution in [0, 0.1) is 0 Å². The number of hydrogen-bond acceptors (Lipinski definition) is 5. The van der Waals surface area contributed by atoms with E-state index in [1.54, 1.807) is 0 Å². The fourth-order valence-electron chi connectivity index (χ4n) is 2.26. The lowest BCUT2D eigenvalue weighted by molar-refractivity contribution is 0.0955. The van der Waals surface area contributed by atoms with Crippen molar-refractivity contribution in [2.75, 3.05) is 11.1 Å². The molecule has 4 N–H and O–H groups in total. The monoisotopic (exact) mass is 309 g/mol. The fraction of sp³-hybridized carbons (Fsp3) is 0.667. The van der Waals surface area contributed by atoms with Crippen LogP contribution in [0.4, 0.5) is 10.7 Å². The number of nitrogens with one attached hydrogen (secondary N) is 2. The highest BCUT2D eigenvalue weighted by molar-refractivity contribution is 7.19. The molecule has 0 radical (unpaired) electrons. The van der Waals surface area contributed by atoms with Gasteiger partial charge in [0.15, 0.2) is 5.75 Å². The van der Waals surface area contributed by atoms with Crippen LogP contribution in [0.15, 0.2) is 0 Å². The van der Waals surface area contributed by atoms with Crippen molar-refractivity contribution in [3.05, 3.63) is 4.88 Å². The smallest absolute Gasteiger partial charge is 0.263 e. The summed E-state index contributed by atoms with van der Waals surface area (Å²) >= 11 is 1.41. The summed E-state index contributed by atoms with van der Waals surface area (Å²) in [6.07, 6.45) is 5.76. The van der Waals surface area contributed by atoms with E-state index < -0.39 is 0 Å². The summed E-state index contributed by atoms with van der Waals surface area (Å²) in [4.78, 5) is 12.8. The first-order chi connectivity index (χ1) is 10.0. The van der Waals surface area contributed by atoms with Crippen molar-refractivity contribution in [1.29, 1.82) is 0 Å². The normalized spacial score (nSPS) is 18.4. The molecule has 6 heteroatoms. The van der Waals surface area contributed by atoms with Crippen LogP contribution in [0.25, 0.3) is 0 Å². The van der Waals surface area contributed by atoms with E-state index in [9.17, 15) is 4.79 Å². The lowest BCUT2D eigenvalue weighted by Crippen LogP contribution is -2.26. The van der Waals surface area contributed by atoms with E-state index in [2.05, 4.69) is 10.6 Å². The number of carbonyl (C=O) groups is 1. The largest absolute Gasteiger partial charge is 0.486 e. The van der Waals surface area contributed by atoms with Gasteiger partial charge in [0.2, 0.25) is 0 Å². The number of amides is 1. The number of nitrogens with two attached hydrogens (primary N) is 1. The van der Waals surface area contributed by atoms with E-state index in [-0.39, 0.29) is 12.0 Å². The molecule has 1 heterocycles. The highest BCUT2D eigenvalue weighted by atomic mass is 32.1. The molecule has 2 aliphatic rings. The van der Waals surface area contributed by atoms with E-state index in [0.29, 0.717) is 28.4 Å². The molecule has 2 aliphatic carbocycles. The number of nitrogen functional groups attached to an aromatic ring is 1. The van der Waals surface area contributed by atoms with E-state index in [0.717, 1.165) is 17.8 Å². The van der Waals surface area contributed by atoms with Crippen molar-refractivity contribution >= 4 is 27.9 Å². The molecule has 0 aromatic carbocycles. The standard InChI is InChI=1S/C15H23N3O2S/c1-8(2)20-12-11(16)13(14(19)17-10-6-7-10)21-15(12)18-9-4-3-5-9/h8-10,18H,3-7,16H2,1-2H3,(H,17,19). The molecule has 3 rings (SSSR count). The summed E-state index contributed by atoms with van der Waals surface area (Å²) in [6, 6.07) is 0.813. The highest BCUT2D eigenvalue weighted by Crippen LogP contribution is 2.44.